The molecule has 0 unspecified atom stereocenters. The monoisotopic (exact) mass is 328 g/mol. The van der Waals surface area contributed by atoms with Crippen LogP contribution >= 0.6 is 0 Å². The number of hydrogen-bond acceptors (Lipinski definition) is 4. The van der Waals surface area contributed by atoms with Crippen molar-refractivity contribution in [3.63, 3.8) is 0 Å². The summed E-state index contributed by atoms with van der Waals surface area (Å²) in [6.45, 7) is 25.3. The van der Waals surface area contributed by atoms with Crippen LogP contribution in [0, 0.1) is 6.92 Å². The molecule has 0 atom stereocenters. The lowest BCUT2D eigenvalue weighted by molar-refractivity contribution is 0.205. The highest BCUT2D eigenvalue weighted by Crippen LogP contribution is 2.12. The van der Waals surface area contributed by atoms with E-state index in [1.165, 1.54) is 12.1 Å². The number of rotatable bonds is 4. The Morgan fingerprint density at radius 1 is 0.909 bits per heavy atom. The highest BCUT2D eigenvalue weighted by atomic mass is 32.2. The van der Waals surface area contributed by atoms with Crippen LogP contribution in [0.25, 0.3) is 0 Å². The Morgan fingerprint density at radius 3 is 1.59 bits per heavy atom. The van der Waals surface area contributed by atoms with Gasteiger partial charge in [-0.05, 0) is 19.1 Å². The van der Waals surface area contributed by atoms with E-state index in [4.69, 9.17) is 5.11 Å². The van der Waals surface area contributed by atoms with Gasteiger partial charge in [0.25, 0.3) is 10.1 Å². The van der Waals surface area contributed by atoms with E-state index in [9.17, 15) is 8.42 Å². The summed E-state index contributed by atoms with van der Waals surface area (Å²) in [4.78, 5) is 0.108. The number of aliphatic hydroxyl groups excluding tert-OH is 1. The van der Waals surface area contributed by atoms with E-state index < -0.39 is 10.1 Å². The van der Waals surface area contributed by atoms with Crippen LogP contribution in [0.1, 0.15) is 5.56 Å². The van der Waals surface area contributed by atoms with Crippen LogP contribution < -0.4 is 0 Å². The van der Waals surface area contributed by atoms with Gasteiger partial charge in [-0.2, -0.15) is 8.42 Å². The minimum atomic E-state index is -3.70. The molecular weight excluding hydrogens is 300 g/mol. The third kappa shape index (κ3) is 14.5. The minimum Gasteiger partial charge on any atom is -0.394 e. The van der Waals surface area contributed by atoms with Gasteiger partial charge in [0.2, 0.25) is 0 Å². The van der Waals surface area contributed by atoms with Crippen molar-refractivity contribution in [1.82, 2.24) is 0 Å². The normalized spacial score (nSPS) is 8.09. The van der Waals surface area contributed by atoms with Crippen molar-refractivity contribution in [3.8, 4) is 0 Å². The summed E-state index contributed by atoms with van der Waals surface area (Å²) in [7, 11) is -3.70. The lowest BCUT2D eigenvalue weighted by atomic mass is 10.2. The zero-order chi connectivity index (χ0) is 18.6. The highest BCUT2D eigenvalue weighted by molar-refractivity contribution is 7.86. The fourth-order valence-electron chi connectivity index (χ4n) is 0.920. The third-order valence-electron chi connectivity index (χ3n) is 1.64. The standard InChI is InChI=1S/C9H12O4S.4C2H4/c1-8-2-4-9(5-3-8)14(11,12)13-7-6-10;4*1-2/h2-5,10H,6-7H2,1H3;4*1-2H2. The van der Waals surface area contributed by atoms with E-state index in [0.29, 0.717) is 0 Å². The molecule has 4 nitrogen and oxygen atoms in total. The van der Waals surface area contributed by atoms with Gasteiger partial charge in [-0.15, -0.1) is 52.6 Å². The highest BCUT2D eigenvalue weighted by Gasteiger charge is 2.13. The van der Waals surface area contributed by atoms with E-state index in [0.717, 1.165) is 5.56 Å². The van der Waals surface area contributed by atoms with Crippen LogP contribution in [0.3, 0.4) is 0 Å². The van der Waals surface area contributed by atoms with Crippen LogP contribution in [-0.2, 0) is 14.3 Å². The number of aryl methyl sites for hydroxylation is 1. The van der Waals surface area contributed by atoms with Crippen molar-refractivity contribution < 1.29 is 17.7 Å². The van der Waals surface area contributed by atoms with Gasteiger partial charge in [0.1, 0.15) is 0 Å². The van der Waals surface area contributed by atoms with Crippen molar-refractivity contribution in [2.24, 2.45) is 0 Å². The van der Waals surface area contributed by atoms with E-state index >= 15 is 0 Å². The molecule has 0 saturated carbocycles. The lowest BCUT2D eigenvalue weighted by Crippen LogP contribution is -2.09. The first kappa shape index (κ1) is 28.2. The average molecular weight is 328 g/mol. The Balaban J connectivity index is -0.000000175. The Hall–Kier alpha value is -1.95. The van der Waals surface area contributed by atoms with Crippen LogP contribution in [0.5, 0.6) is 0 Å². The largest absolute Gasteiger partial charge is 0.394 e. The Kier molecular flexibility index (Phi) is 27.4. The SMILES string of the molecule is C=C.C=C.C=C.C=C.Cc1ccc(S(=O)(=O)OCCO)cc1. The summed E-state index contributed by atoms with van der Waals surface area (Å²) in [5, 5.41) is 8.43. The molecule has 126 valence electrons. The quantitative estimate of drug-likeness (QED) is 0.672. The Labute approximate surface area is 135 Å². The maximum Gasteiger partial charge on any atom is 0.297 e. The Morgan fingerprint density at radius 2 is 1.27 bits per heavy atom. The van der Waals surface area contributed by atoms with Crippen molar-refractivity contribution in [1.29, 1.82) is 0 Å². The van der Waals surface area contributed by atoms with Gasteiger partial charge in [0, 0.05) is 0 Å². The van der Waals surface area contributed by atoms with Crippen molar-refractivity contribution >= 4 is 10.1 Å². The van der Waals surface area contributed by atoms with Crippen LogP contribution in [0.15, 0.2) is 81.8 Å². The molecule has 0 aliphatic carbocycles. The van der Waals surface area contributed by atoms with Gasteiger partial charge in [-0.25, -0.2) is 0 Å². The van der Waals surface area contributed by atoms with Gasteiger partial charge < -0.3 is 5.11 Å². The fourth-order valence-corrected chi connectivity index (χ4v) is 1.82. The predicted octanol–water partition coefficient (Wildman–Crippen LogP) is 3.90. The number of aliphatic hydroxyl groups is 1. The fraction of sp³-hybridized carbons (Fsp3) is 0.176. The maximum absolute atomic E-state index is 11.4. The predicted molar refractivity (Wildman–Crippen MR) is 96.4 cm³/mol. The van der Waals surface area contributed by atoms with Gasteiger partial charge in [0.05, 0.1) is 18.1 Å². The number of hydrogen-bond donors (Lipinski definition) is 1. The smallest absolute Gasteiger partial charge is 0.297 e. The van der Waals surface area contributed by atoms with Gasteiger partial charge >= 0.3 is 0 Å². The summed E-state index contributed by atoms with van der Waals surface area (Å²) in [6, 6.07) is 6.33. The molecule has 0 fully saturated rings. The molecule has 1 aromatic carbocycles. The van der Waals surface area contributed by atoms with Gasteiger partial charge in [-0.1, -0.05) is 17.7 Å². The van der Waals surface area contributed by atoms with E-state index in [1.54, 1.807) is 12.1 Å². The summed E-state index contributed by atoms with van der Waals surface area (Å²) in [5.74, 6) is 0. The molecule has 5 heteroatoms. The first-order valence-electron chi connectivity index (χ1n) is 6.13. The zero-order valence-corrected chi connectivity index (χ0v) is 14.3. The van der Waals surface area contributed by atoms with E-state index in [2.05, 4.69) is 56.8 Å². The van der Waals surface area contributed by atoms with E-state index in [1.807, 2.05) is 6.92 Å². The molecule has 0 aromatic heterocycles. The summed E-state index contributed by atoms with van der Waals surface area (Å²) in [5.41, 5.74) is 0.978. The third-order valence-corrected chi connectivity index (χ3v) is 2.97. The molecule has 1 rings (SSSR count). The summed E-state index contributed by atoms with van der Waals surface area (Å²) in [6.07, 6.45) is 0. The van der Waals surface area contributed by atoms with Crippen molar-refractivity contribution in [2.45, 2.75) is 11.8 Å². The molecule has 0 heterocycles. The molecule has 0 amide bonds. The van der Waals surface area contributed by atoms with E-state index in [-0.39, 0.29) is 18.1 Å². The summed E-state index contributed by atoms with van der Waals surface area (Å²) >= 11 is 0. The van der Waals surface area contributed by atoms with Gasteiger partial charge in [-0.3, -0.25) is 4.18 Å². The molecule has 0 aliphatic heterocycles. The Bertz CT molecular complexity index is 430. The molecule has 0 aliphatic rings. The topological polar surface area (TPSA) is 63.6 Å². The number of benzene rings is 1. The molecule has 22 heavy (non-hydrogen) atoms. The van der Waals surface area contributed by atoms with Crippen molar-refractivity contribution in [3.05, 3.63) is 82.5 Å². The molecule has 1 aromatic rings. The first-order chi connectivity index (χ1) is 10.6. The van der Waals surface area contributed by atoms with Crippen molar-refractivity contribution in [2.75, 3.05) is 13.2 Å². The zero-order valence-electron chi connectivity index (χ0n) is 13.5. The lowest BCUT2D eigenvalue weighted by Gasteiger charge is -2.03. The van der Waals surface area contributed by atoms with Crippen LogP contribution in [-0.4, -0.2) is 26.7 Å². The van der Waals surface area contributed by atoms with Crippen LogP contribution in [0.2, 0.25) is 0 Å². The summed E-state index contributed by atoms with van der Waals surface area (Å²) < 4.78 is 27.3. The molecule has 1 N–H and O–H groups in total. The second-order valence-electron chi connectivity index (χ2n) is 2.81. The molecule has 0 saturated heterocycles. The first-order valence-corrected chi connectivity index (χ1v) is 7.54. The molecule has 0 radical (unpaired) electrons. The average Bonchev–Trinajstić information content (AvgIpc) is 2.60. The molecular formula is C17H28O4S. The second-order valence-corrected chi connectivity index (χ2v) is 4.43. The minimum absolute atomic E-state index is 0.108. The maximum atomic E-state index is 11.4. The van der Waals surface area contributed by atoms with Crippen LogP contribution in [0.4, 0.5) is 0 Å². The van der Waals surface area contributed by atoms with Gasteiger partial charge in [0.15, 0.2) is 0 Å². The second kappa shape index (κ2) is 21.4. The molecule has 0 bridgehead atoms. The molecule has 0 spiro atoms.